The molecule has 0 heterocycles. The van der Waals surface area contributed by atoms with Gasteiger partial charge in [0.25, 0.3) is 0 Å². The van der Waals surface area contributed by atoms with E-state index in [1.165, 1.54) is 13.8 Å². The first-order valence-electron chi connectivity index (χ1n) is 4.56. The fraction of sp³-hybridized carbons (Fsp3) is 0.778. The quantitative estimate of drug-likeness (QED) is 0.498. The summed E-state index contributed by atoms with van der Waals surface area (Å²) < 4.78 is 0. The number of nitrogens with two attached hydrogens (primary N) is 2. The molecular formula is C9H18N2O4. The fourth-order valence-electron chi connectivity index (χ4n) is 1.15. The maximum atomic E-state index is 10.8. The topological polar surface area (TPSA) is 127 Å². The van der Waals surface area contributed by atoms with Gasteiger partial charge in [-0.15, -0.1) is 0 Å². The zero-order chi connectivity index (χ0) is 12.4. The molecule has 0 radical (unpaired) electrons. The minimum atomic E-state index is -1.48. The van der Waals surface area contributed by atoms with Crippen molar-refractivity contribution in [3.05, 3.63) is 0 Å². The van der Waals surface area contributed by atoms with E-state index >= 15 is 0 Å². The van der Waals surface area contributed by atoms with E-state index in [1.807, 2.05) is 0 Å². The lowest BCUT2D eigenvalue weighted by molar-refractivity contribution is -0.148. The van der Waals surface area contributed by atoms with Gasteiger partial charge < -0.3 is 21.7 Å². The van der Waals surface area contributed by atoms with Crippen LogP contribution in [-0.2, 0) is 9.59 Å². The molecule has 6 N–H and O–H groups in total. The number of carboxylic acids is 2. The molecule has 0 fully saturated rings. The lowest BCUT2D eigenvalue weighted by Crippen LogP contribution is -2.55. The van der Waals surface area contributed by atoms with Crippen LogP contribution < -0.4 is 11.5 Å². The van der Waals surface area contributed by atoms with Crippen molar-refractivity contribution in [1.82, 2.24) is 0 Å². The Bertz CT molecular complexity index is 273. The van der Waals surface area contributed by atoms with E-state index in [4.69, 9.17) is 21.7 Å². The largest absolute Gasteiger partial charge is 0.480 e. The van der Waals surface area contributed by atoms with Crippen LogP contribution in [0.1, 0.15) is 27.2 Å². The molecule has 88 valence electrons. The third-order valence-corrected chi connectivity index (χ3v) is 2.70. The van der Waals surface area contributed by atoms with Crippen LogP contribution in [0.4, 0.5) is 0 Å². The van der Waals surface area contributed by atoms with E-state index in [9.17, 15) is 9.59 Å². The van der Waals surface area contributed by atoms with Gasteiger partial charge in [0.05, 0.1) is 0 Å². The summed E-state index contributed by atoms with van der Waals surface area (Å²) >= 11 is 0. The van der Waals surface area contributed by atoms with Gasteiger partial charge in [0, 0.05) is 0 Å². The molecule has 15 heavy (non-hydrogen) atoms. The Balaban J connectivity index is 4.70. The van der Waals surface area contributed by atoms with Crippen molar-refractivity contribution in [2.24, 2.45) is 17.4 Å². The summed E-state index contributed by atoms with van der Waals surface area (Å²) in [5.74, 6) is -2.88. The maximum Gasteiger partial charge on any atom is 0.323 e. The molecule has 0 amide bonds. The third kappa shape index (κ3) is 3.17. The van der Waals surface area contributed by atoms with Gasteiger partial charge in [0.15, 0.2) is 0 Å². The van der Waals surface area contributed by atoms with Crippen LogP contribution in [0.2, 0.25) is 0 Å². The lowest BCUT2D eigenvalue weighted by atomic mass is 9.79. The molecule has 6 heteroatoms. The van der Waals surface area contributed by atoms with E-state index in [1.54, 1.807) is 6.92 Å². The number of carboxylic acid groups (broad SMARTS) is 2. The summed E-state index contributed by atoms with van der Waals surface area (Å²) in [6, 6.07) is 0. The number of hydrogen-bond donors (Lipinski definition) is 4. The minimum absolute atomic E-state index is 0.00162. The van der Waals surface area contributed by atoms with Crippen molar-refractivity contribution in [2.75, 3.05) is 0 Å². The summed E-state index contributed by atoms with van der Waals surface area (Å²) in [4.78, 5) is 21.5. The Hall–Kier alpha value is -1.14. The molecule has 0 aliphatic rings. The SMILES string of the molecule is CC(C[C@@](C)(N)C(=O)O)[C@@](C)(N)C(=O)O. The van der Waals surface area contributed by atoms with Gasteiger partial charge in [-0.2, -0.15) is 0 Å². The average Bonchev–Trinajstić information content (AvgIpc) is 2.02. The smallest absolute Gasteiger partial charge is 0.323 e. The van der Waals surface area contributed by atoms with Crippen LogP contribution >= 0.6 is 0 Å². The molecule has 0 aliphatic heterocycles. The molecule has 0 aromatic carbocycles. The van der Waals surface area contributed by atoms with Gasteiger partial charge in [-0.1, -0.05) is 6.92 Å². The highest BCUT2D eigenvalue weighted by Gasteiger charge is 2.40. The van der Waals surface area contributed by atoms with Crippen LogP contribution in [0, 0.1) is 5.92 Å². The van der Waals surface area contributed by atoms with E-state index < -0.39 is 28.9 Å². The normalized spacial score (nSPS) is 21.1. The zero-order valence-corrected chi connectivity index (χ0v) is 9.15. The molecule has 6 nitrogen and oxygen atoms in total. The number of hydrogen-bond acceptors (Lipinski definition) is 4. The Morgan fingerprint density at radius 2 is 1.60 bits per heavy atom. The fourth-order valence-corrected chi connectivity index (χ4v) is 1.15. The monoisotopic (exact) mass is 218 g/mol. The van der Waals surface area contributed by atoms with E-state index in [2.05, 4.69) is 0 Å². The third-order valence-electron chi connectivity index (χ3n) is 2.70. The van der Waals surface area contributed by atoms with Gasteiger partial charge >= 0.3 is 11.9 Å². The van der Waals surface area contributed by atoms with Gasteiger partial charge in [-0.25, -0.2) is 0 Å². The van der Waals surface area contributed by atoms with Crippen molar-refractivity contribution in [3.63, 3.8) is 0 Å². The lowest BCUT2D eigenvalue weighted by Gasteiger charge is -2.31. The minimum Gasteiger partial charge on any atom is -0.480 e. The van der Waals surface area contributed by atoms with Crippen LogP contribution in [0.15, 0.2) is 0 Å². The van der Waals surface area contributed by atoms with Crippen molar-refractivity contribution in [2.45, 2.75) is 38.3 Å². The predicted octanol–water partition coefficient (Wildman–Crippen LogP) is -0.383. The molecule has 0 aromatic heterocycles. The summed E-state index contributed by atoms with van der Waals surface area (Å²) in [7, 11) is 0. The van der Waals surface area contributed by atoms with Crippen molar-refractivity contribution >= 4 is 11.9 Å². The first-order valence-corrected chi connectivity index (χ1v) is 4.56. The summed E-state index contributed by atoms with van der Waals surface area (Å²) in [6.07, 6.45) is 0.00162. The predicted molar refractivity (Wildman–Crippen MR) is 54.2 cm³/mol. The van der Waals surface area contributed by atoms with Gasteiger partial charge in [0.2, 0.25) is 0 Å². The van der Waals surface area contributed by atoms with E-state index in [0.717, 1.165) is 0 Å². The van der Waals surface area contributed by atoms with Crippen molar-refractivity contribution in [1.29, 1.82) is 0 Å². The van der Waals surface area contributed by atoms with E-state index in [0.29, 0.717) is 0 Å². The Morgan fingerprint density at radius 1 is 1.20 bits per heavy atom. The second-order valence-electron chi connectivity index (χ2n) is 4.42. The van der Waals surface area contributed by atoms with Crippen LogP contribution in [-0.4, -0.2) is 33.2 Å². The standard InChI is InChI=1S/C9H18N2O4/c1-5(9(3,11)7(14)15)4-8(2,10)6(12)13/h5H,4,10-11H2,1-3H3,(H,12,13)(H,14,15)/t5?,8-,9-/m1/s1. The average molecular weight is 218 g/mol. The Morgan fingerprint density at radius 3 is 1.87 bits per heavy atom. The van der Waals surface area contributed by atoms with Gasteiger partial charge in [0.1, 0.15) is 11.1 Å². The molecule has 0 rings (SSSR count). The number of carbonyl (C=O) groups is 2. The molecule has 0 aromatic rings. The van der Waals surface area contributed by atoms with Crippen molar-refractivity contribution < 1.29 is 19.8 Å². The van der Waals surface area contributed by atoms with Crippen LogP contribution in [0.25, 0.3) is 0 Å². The van der Waals surface area contributed by atoms with Gasteiger partial charge in [-0.3, -0.25) is 9.59 Å². The molecule has 0 spiro atoms. The number of aliphatic carboxylic acids is 2. The molecule has 0 aliphatic carbocycles. The molecule has 1 unspecified atom stereocenters. The molecular weight excluding hydrogens is 200 g/mol. The Kier molecular flexibility index (Phi) is 3.84. The maximum absolute atomic E-state index is 10.8. The zero-order valence-electron chi connectivity index (χ0n) is 9.15. The molecule has 0 saturated carbocycles. The highest BCUT2D eigenvalue weighted by molar-refractivity contribution is 5.80. The van der Waals surface area contributed by atoms with Crippen molar-refractivity contribution in [3.8, 4) is 0 Å². The summed E-state index contributed by atoms with van der Waals surface area (Å²) in [5, 5.41) is 17.6. The highest BCUT2D eigenvalue weighted by atomic mass is 16.4. The molecule has 0 saturated heterocycles. The number of rotatable bonds is 5. The van der Waals surface area contributed by atoms with E-state index in [-0.39, 0.29) is 6.42 Å². The van der Waals surface area contributed by atoms with Crippen LogP contribution in [0.3, 0.4) is 0 Å². The van der Waals surface area contributed by atoms with Crippen LogP contribution in [0.5, 0.6) is 0 Å². The summed E-state index contributed by atoms with van der Waals surface area (Å²) in [5.41, 5.74) is 8.13. The summed E-state index contributed by atoms with van der Waals surface area (Å²) in [6.45, 7) is 4.25. The molecule has 3 atom stereocenters. The molecule has 0 bridgehead atoms. The first-order chi connectivity index (χ1) is 6.51. The highest BCUT2D eigenvalue weighted by Crippen LogP contribution is 2.23. The first kappa shape index (κ1) is 13.9. The second kappa shape index (κ2) is 4.16. The second-order valence-corrected chi connectivity index (χ2v) is 4.42. The van der Waals surface area contributed by atoms with Gasteiger partial charge in [-0.05, 0) is 26.2 Å². The Labute approximate surface area is 88.3 Å².